The number of nitrogens with zero attached hydrogens (tertiary/aromatic N) is 3. The van der Waals surface area contributed by atoms with Crippen molar-refractivity contribution in [2.45, 2.75) is 0 Å². The van der Waals surface area contributed by atoms with E-state index in [1.807, 2.05) is 36.4 Å². The molecule has 3 aromatic heterocycles. The van der Waals surface area contributed by atoms with Gasteiger partial charge in [-0.3, -0.25) is 14.9 Å². The molecule has 0 spiro atoms. The van der Waals surface area contributed by atoms with Crippen LogP contribution in [-0.2, 0) is 0 Å². The number of aromatic nitrogens is 3. The second-order valence-electron chi connectivity index (χ2n) is 7.00. The Morgan fingerprint density at radius 2 is 1.94 bits per heavy atom. The van der Waals surface area contributed by atoms with Crippen molar-refractivity contribution in [3.05, 3.63) is 83.7 Å². The molecule has 0 fully saturated rings. The first-order valence-corrected chi connectivity index (χ1v) is 10.5. The molecular formula is C23H17N5O3S. The molecule has 0 saturated carbocycles. The Bertz CT molecular complexity index is 1410. The first-order chi connectivity index (χ1) is 15.6. The molecule has 0 saturated heterocycles. The van der Waals surface area contributed by atoms with Crippen molar-refractivity contribution in [2.75, 3.05) is 17.3 Å². The highest BCUT2D eigenvalue weighted by Crippen LogP contribution is 2.28. The Hall–Kier alpha value is -4.24. The summed E-state index contributed by atoms with van der Waals surface area (Å²) < 4.78 is 5.27. The average Bonchev–Trinajstić information content (AvgIpc) is 3.58. The Morgan fingerprint density at radius 1 is 1.09 bits per heavy atom. The Balaban J connectivity index is 1.34. The van der Waals surface area contributed by atoms with Crippen LogP contribution in [0.4, 0.5) is 11.6 Å². The highest BCUT2D eigenvalue weighted by molar-refractivity contribution is 7.17. The van der Waals surface area contributed by atoms with Crippen LogP contribution in [0, 0.1) is 0 Å². The third-order valence-corrected chi connectivity index (χ3v) is 6.01. The first-order valence-electron chi connectivity index (χ1n) is 9.71. The third kappa shape index (κ3) is 3.77. The van der Waals surface area contributed by atoms with Crippen molar-refractivity contribution in [3.8, 4) is 10.6 Å². The van der Waals surface area contributed by atoms with Crippen molar-refractivity contribution in [1.82, 2.24) is 15.0 Å². The van der Waals surface area contributed by atoms with E-state index in [4.69, 9.17) is 4.42 Å². The number of thiophene rings is 1. The lowest BCUT2D eigenvalue weighted by Gasteiger charge is -2.17. The van der Waals surface area contributed by atoms with Gasteiger partial charge in [0.15, 0.2) is 12.2 Å². The van der Waals surface area contributed by atoms with Crippen molar-refractivity contribution in [3.63, 3.8) is 0 Å². The van der Waals surface area contributed by atoms with Gasteiger partial charge in [0.2, 0.25) is 5.95 Å². The molecular weight excluding hydrogens is 426 g/mol. The maximum absolute atomic E-state index is 12.7. The maximum Gasteiger partial charge on any atom is 0.268 e. The lowest BCUT2D eigenvalue weighted by Crippen LogP contribution is -2.26. The number of benzene rings is 2. The van der Waals surface area contributed by atoms with Gasteiger partial charge in [-0.25, -0.2) is 9.97 Å². The number of anilines is 2. The number of aromatic amines is 1. The van der Waals surface area contributed by atoms with Gasteiger partial charge in [-0.1, -0.05) is 18.2 Å². The molecule has 0 aliphatic heterocycles. The van der Waals surface area contributed by atoms with Crippen LogP contribution in [0.3, 0.4) is 0 Å². The summed E-state index contributed by atoms with van der Waals surface area (Å²) in [6.45, 7) is 0. The Morgan fingerprint density at radius 3 is 2.72 bits per heavy atom. The molecule has 0 atom stereocenters. The molecule has 0 aliphatic carbocycles. The second-order valence-corrected chi connectivity index (χ2v) is 8.08. The van der Waals surface area contributed by atoms with Crippen LogP contribution < -0.4 is 10.2 Å². The number of carbonyl (C=O) groups excluding carboxylic acids is 2. The molecule has 0 unspecified atom stereocenters. The lowest BCUT2D eigenvalue weighted by atomic mass is 10.2. The molecule has 8 nitrogen and oxygen atoms in total. The third-order valence-electron chi connectivity index (χ3n) is 4.92. The molecule has 2 amide bonds. The number of amides is 2. The maximum atomic E-state index is 12.7. The summed E-state index contributed by atoms with van der Waals surface area (Å²) in [6.07, 6.45) is 2.95. The zero-order chi connectivity index (χ0) is 22.1. The SMILES string of the molecule is CN(C(=O)c1ccccc1)c1ccc2nc(NC(=O)c3ccc(-c4cnco4)s3)[nH]c2c1. The minimum Gasteiger partial charge on any atom is -0.443 e. The van der Waals surface area contributed by atoms with E-state index in [-0.39, 0.29) is 11.8 Å². The first kappa shape index (κ1) is 19.7. The Kier molecular flexibility index (Phi) is 5.00. The van der Waals surface area contributed by atoms with Crippen LogP contribution in [0.15, 0.2) is 77.7 Å². The number of rotatable bonds is 5. The summed E-state index contributed by atoms with van der Waals surface area (Å²) in [7, 11) is 1.72. The number of hydrogen-bond acceptors (Lipinski definition) is 6. The predicted molar refractivity (Wildman–Crippen MR) is 123 cm³/mol. The normalized spacial score (nSPS) is 10.9. The zero-order valence-electron chi connectivity index (χ0n) is 16.9. The molecule has 5 rings (SSSR count). The van der Waals surface area contributed by atoms with Crippen LogP contribution in [0.2, 0.25) is 0 Å². The lowest BCUT2D eigenvalue weighted by molar-refractivity contribution is 0.0991. The van der Waals surface area contributed by atoms with Crippen molar-refractivity contribution in [1.29, 1.82) is 0 Å². The number of hydrogen-bond donors (Lipinski definition) is 2. The van der Waals surface area contributed by atoms with E-state index in [1.54, 1.807) is 42.4 Å². The summed E-state index contributed by atoms with van der Waals surface area (Å²) in [6, 6.07) is 18.1. The number of oxazole rings is 1. The molecule has 158 valence electrons. The average molecular weight is 443 g/mol. The zero-order valence-corrected chi connectivity index (χ0v) is 17.7. The fourth-order valence-corrected chi connectivity index (χ4v) is 4.11. The van der Waals surface area contributed by atoms with Gasteiger partial charge in [-0.2, -0.15) is 0 Å². The van der Waals surface area contributed by atoms with Crippen LogP contribution in [0.5, 0.6) is 0 Å². The quantitative estimate of drug-likeness (QED) is 0.406. The van der Waals surface area contributed by atoms with Gasteiger partial charge in [0, 0.05) is 18.3 Å². The number of nitrogens with one attached hydrogen (secondary N) is 2. The van der Waals surface area contributed by atoms with Gasteiger partial charge in [0.25, 0.3) is 11.8 Å². The van der Waals surface area contributed by atoms with E-state index >= 15 is 0 Å². The van der Waals surface area contributed by atoms with E-state index in [1.165, 1.54) is 17.7 Å². The van der Waals surface area contributed by atoms with E-state index in [0.717, 1.165) is 4.88 Å². The van der Waals surface area contributed by atoms with Crippen LogP contribution in [0.1, 0.15) is 20.0 Å². The largest absolute Gasteiger partial charge is 0.443 e. The fourth-order valence-electron chi connectivity index (χ4n) is 3.26. The van der Waals surface area contributed by atoms with Crippen LogP contribution >= 0.6 is 11.3 Å². The molecule has 0 bridgehead atoms. The molecule has 2 N–H and O–H groups in total. The summed E-state index contributed by atoms with van der Waals surface area (Å²) in [5.74, 6) is 0.544. The molecule has 3 heterocycles. The summed E-state index contributed by atoms with van der Waals surface area (Å²) in [4.78, 5) is 39.7. The van der Waals surface area contributed by atoms with Gasteiger partial charge in [-0.05, 0) is 42.5 Å². The molecule has 0 aliphatic rings. The van der Waals surface area contributed by atoms with Gasteiger partial charge >= 0.3 is 0 Å². The summed E-state index contributed by atoms with van der Waals surface area (Å²) >= 11 is 1.30. The van der Waals surface area contributed by atoms with Gasteiger partial charge in [0.1, 0.15) is 0 Å². The van der Waals surface area contributed by atoms with Crippen LogP contribution in [0.25, 0.3) is 21.7 Å². The molecule has 0 radical (unpaired) electrons. The highest BCUT2D eigenvalue weighted by Gasteiger charge is 2.16. The molecule has 9 heteroatoms. The second kappa shape index (κ2) is 8.12. The fraction of sp³-hybridized carbons (Fsp3) is 0.0435. The monoisotopic (exact) mass is 443 g/mol. The summed E-state index contributed by atoms with van der Waals surface area (Å²) in [5.41, 5.74) is 2.70. The molecule has 32 heavy (non-hydrogen) atoms. The van der Waals surface area contributed by atoms with Crippen molar-refractivity contribution >= 4 is 45.8 Å². The van der Waals surface area contributed by atoms with Crippen molar-refractivity contribution in [2.24, 2.45) is 0 Å². The highest BCUT2D eigenvalue weighted by atomic mass is 32.1. The summed E-state index contributed by atoms with van der Waals surface area (Å²) in [5, 5.41) is 2.78. The Labute approximate surface area is 186 Å². The molecule has 2 aromatic carbocycles. The van der Waals surface area contributed by atoms with Crippen molar-refractivity contribution < 1.29 is 14.0 Å². The smallest absolute Gasteiger partial charge is 0.268 e. The van der Waals surface area contributed by atoms with E-state index in [2.05, 4.69) is 20.3 Å². The predicted octanol–water partition coefficient (Wildman–Crippen LogP) is 4.81. The van der Waals surface area contributed by atoms with Crippen LogP contribution in [-0.4, -0.2) is 33.8 Å². The molecule has 5 aromatic rings. The number of carbonyl (C=O) groups is 2. The minimum absolute atomic E-state index is 0.113. The number of fused-ring (bicyclic) bond motifs is 1. The van der Waals surface area contributed by atoms with E-state index in [0.29, 0.717) is 38.9 Å². The van der Waals surface area contributed by atoms with Gasteiger partial charge in [-0.15, -0.1) is 11.3 Å². The standard InChI is InChI=1S/C23H17N5O3S/c1-28(22(30)14-5-3-2-4-6-14)15-7-8-16-17(11-15)26-23(25-16)27-21(29)20-10-9-19(32-20)18-12-24-13-31-18/h2-13H,1H3,(H2,25,26,27,29). The van der Waals surface area contributed by atoms with E-state index < -0.39 is 0 Å². The number of imidazole rings is 1. The van der Waals surface area contributed by atoms with Gasteiger partial charge < -0.3 is 14.3 Å². The minimum atomic E-state index is -0.281. The van der Waals surface area contributed by atoms with Gasteiger partial charge in [0.05, 0.1) is 27.0 Å². The van der Waals surface area contributed by atoms with E-state index in [9.17, 15) is 9.59 Å². The topological polar surface area (TPSA) is 104 Å². The number of H-pyrrole nitrogens is 1.